The lowest BCUT2D eigenvalue weighted by Crippen LogP contribution is -2.48. The highest BCUT2D eigenvalue weighted by molar-refractivity contribution is 9.10. The molecule has 0 heterocycles. The lowest BCUT2D eigenvalue weighted by atomic mass is 10.1. The van der Waals surface area contributed by atoms with Crippen molar-refractivity contribution in [2.24, 2.45) is 5.73 Å². The van der Waals surface area contributed by atoms with Crippen molar-refractivity contribution in [3.63, 3.8) is 0 Å². The third-order valence-electron chi connectivity index (χ3n) is 3.26. The number of hydrogen-bond donors (Lipinski definition) is 2. The van der Waals surface area contributed by atoms with Gasteiger partial charge in [-0.3, -0.25) is 0 Å². The smallest absolute Gasteiger partial charge is 0.241 e. The van der Waals surface area contributed by atoms with Gasteiger partial charge in [-0.2, -0.15) is 0 Å². The van der Waals surface area contributed by atoms with Crippen molar-refractivity contribution in [2.45, 2.75) is 24.3 Å². The van der Waals surface area contributed by atoms with Crippen molar-refractivity contribution >= 4 is 26.0 Å². The fraction of sp³-hybridized carbons (Fsp3) is 0.250. The first kappa shape index (κ1) is 17.1. The van der Waals surface area contributed by atoms with Crippen LogP contribution in [0.2, 0.25) is 0 Å². The van der Waals surface area contributed by atoms with Crippen molar-refractivity contribution < 1.29 is 8.42 Å². The van der Waals surface area contributed by atoms with E-state index in [1.807, 2.05) is 24.3 Å². The highest BCUT2D eigenvalue weighted by Gasteiger charge is 2.24. The van der Waals surface area contributed by atoms with Crippen molar-refractivity contribution in [1.82, 2.24) is 4.72 Å². The van der Waals surface area contributed by atoms with Gasteiger partial charge in [0.25, 0.3) is 0 Å². The molecule has 22 heavy (non-hydrogen) atoms. The molecule has 0 spiro atoms. The summed E-state index contributed by atoms with van der Waals surface area (Å²) >= 11 is 3.39. The number of benzene rings is 2. The Hall–Kier alpha value is -1.21. The largest absolute Gasteiger partial charge is 0.329 e. The maximum absolute atomic E-state index is 12.3. The van der Waals surface area contributed by atoms with Crippen molar-refractivity contribution in [3.8, 4) is 11.1 Å². The van der Waals surface area contributed by atoms with E-state index in [9.17, 15) is 8.42 Å². The Kier molecular flexibility index (Phi) is 5.07. The minimum atomic E-state index is -3.57. The van der Waals surface area contributed by atoms with Crippen LogP contribution in [-0.4, -0.2) is 20.5 Å². The minimum Gasteiger partial charge on any atom is -0.329 e. The number of rotatable bonds is 5. The highest BCUT2D eigenvalue weighted by Crippen LogP contribution is 2.23. The molecular formula is C16H19BrN2O2S. The monoisotopic (exact) mass is 382 g/mol. The van der Waals surface area contributed by atoms with Gasteiger partial charge in [-0.25, -0.2) is 13.1 Å². The zero-order valence-corrected chi connectivity index (χ0v) is 14.9. The normalized spacial score (nSPS) is 12.4. The van der Waals surface area contributed by atoms with Crippen LogP contribution < -0.4 is 10.5 Å². The van der Waals surface area contributed by atoms with Crippen LogP contribution in [0.3, 0.4) is 0 Å². The Morgan fingerprint density at radius 1 is 1.00 bits per heavy atom. The van der Waals surface area contributed by atoms with E-state index in [1.165, 1.54) is 0 Å². The third-order valence-corrected chi connectivity index (χ3v) is 5.51. The predicted molar refractivity (Wildman–Crippen MR) is 93.0 cm³/mol. The van der Waals surface area contributed by atoms with E-state index < -0.39 is 15.6 Å². The summed E-state index contributed by atoms with van der Waals surface area (Å²) in [5.41, 5.74) is 6.89. The summed E-state index contributed by atoms with van der Waals surface area (Å²) in [6.07, 6.45) is 0. The lowest BCUT2D eigenvalue weighted by molar-refractivity contribution is 0.462. The van der Waals surface area contributed by atoms with Gasteiger partial charge >= 0.3 is 0 Å². The molecule has 0 bridgehead atoms. The number of halogens is 1. The summed E-state index contributed by atoms with van der Waals surface area (Å²) in [5, 5.41) is 0. The van der Waals surface area contributed by atoms with E-state index in [0.717, 1.165) is 15.6 Å². The number of sulfonamides is 1. The van der Waals surface area contributed by atoms with Crippen LogP contribution in [0.4, 0.5) is 0 Å². The van der Waals surface area contributed by atoms with Gasteiger partial charge in [-0.15, -0.1) is 0 Å². The summed E-state index contributed by atoms with van der Waals surface area (Å²) in [6.45, 7) is 3.73. The van der Waals surface area contributed by atoms with Crippen LogP contribution in [0, 0.1) is 0 Å². The van der Waals surface area contributed by atoms with E-state index in [-0.39, 0.29) is 11.4 Å². The number of hydrogen-bond acceptors (Lipinski definition) is 3. The molecule has 0 aromatic heterocycles. The molecule has 0 amide bonds. The van der Waals surface area contributed by atoms with Gasteiger partial charge in [-0.05, 0) is 49.2 Å². The molecule has 6 heteroatoms. The van der Waals surface area contributed by atoms with Crippen LogP contribution in [0.25, 0.3) is 11.1 Å². The van der Waals surface area contributed by atoms with Gasteiger partial charge in [0.2, 0.25) is 10.0 Å². The van der Waals surface area contributed by atoms with E-state index >= 15 is 0 Å². The summed E-state index contributed by atoms with van der Waals surface area (Å²) in [7, 11) is -3.57. The fourth-order valence-corrected chi connectivity index (χ4v) is 3.62. The molecule has 0 aliphatic rings. The minimum absolute atomic E-state index is 0.225. The third kappa shape index (κ3) is 4.16. The van der Waals surface area contributed by atoms with Crippen LogP contribution in [-0.2, 0) is 10.0 Å². The second-order valence-corrected chi connectivity index (χ2v) is 8.32. The van der Waals surface area contributed by atoms with Crippen LogP contribution in [0.5, 0.6) is 0 Å². The van der Waals surface area contributed by atoms with Crippen LogP contribution in [0.15, 0.2) is 57.9 Å². The average Bonchev–Trinajstić information content (AvgIpc) is 2.47. The SMILES string of the molecule is CC(C)(CN)NS(=O)(=O)c1ccc(-c2ccc(Br)cc2)cc1. The number of nitrogens with two attached hydrogens (primary N) is 1. The van der Waals surface area contributed by atoms with E-state index in [1.54, 1.807) is 38.1 Å². The Morgan fingerprint density at radius 3 is 1.91 bits per heavy atom. The zero-order chi connectivity index (χ0) is 16.4. The first-order chi connectivity index (χ1) is 10.2. The van der Waals surface area contributed by atoms with Gasteiger partial charge < -0.3 is 5.73 Å². The molecule has 0 unspecified atom stereocenters. The summed E-state index contributed by atoms with van der Waals surface area (Å²) in [4.78, 5) is 0.231. The molecule has 0 saturated heterocycles. The second kappa shape index (κ2) is 6.50. The molecule has 3 N–H and O–H groups in total. The molecule has 118 valence electrons. The average molecular weight is 383 g/mol. The Labute approximate surface area is 139 Å². The zero-order valence-electron chi connectivity index (χ0n) is 12.5. The molecule has 2 rings (SSSR count). The maximum atomic E-state index is 12.3. The molecule has 0 radical (unpaired) electrons. The number of nitrogens with one attached hydrogen (secondary N) is 1. The van der Waals surface area contributed by atoms with Crippen molar-refractivity contribution in [1.29, 1.82) is 0 Å². The van der Waals surface area contributed by atoms with Crippen molar-refractivity contribution in [3.05, 3.63) is 53.0 Å². The Morgan fingerprint density at radius 2 is 1.45 bits per heavy atom. The molecule has 2 aromatic carbocycles. The highest BCUT2D eigenvalue weighted by atomic mass is 79.9. The van der Waals surface area contributed by atoms with Crippen LogP contribution >= 0.6 is 15.9 Å². The summed E-state index contributed by atoms with van der Waals surface area (Å²) < 4.78 is 28.3. The van der Waals surface area contributed by atoms with Gasteiger partial charge in [0.05, 0.1) is 4.90 Å². The summed E-state index contributed by atoms with van der Waals surface area (Å²) in [6, 6.07) is 14.7. The lowest BCUT2D eigenvalue weighted by Gasteiger charge is -2.23. The molecule has 0 aliphatic heterocycles. The van der Waals surface area contributed by atoms with Gasteiger partial charge in [-0.1, -0.05) is 40.2 Å². The Bertz CT molecular complexity index is 739. The fourth-order valence-electron chi connectivity index (χ4n) is 1.93. The van der Waals surface area contributed by atoms with E-state index in [4.69, 9.17) is 5.73 Å². The predicted octanol–water partition coefficient (Wildman–Crippen LogP) is 3.13. The van der Waals surface area contributed by atoms with Gasteiger partial charge in [0.1, 0.15) is 0 Å². The molecule has 0 aliphatic carbocycles. The second-order valence-electron chi connectivity index (χ2n) is 5.72. The summed E-state index contributed by atoms with van der Waals surface area (Å²) in [5.74, 6) is 0. The molecule has 4 nitrogen and oxygen atoms in total. The quantitative estimate of drug-likeness (QED) is 0.833. The molecule has 0 fully saturated rings. The van der Waals surface area contributed by atoms with Gasteiger partial charge in [0, 0.05) is 16.6 Å². The molecule has 0 saturated carbocycles. The van der Waals surface area contributed by atoms with Crippen molar-refractivity contribution in [2.75, 3.05) is 6.54 Å². The topological polar surface area (TPSA) is 72.2 Å². The Balaban J connectivity index is 2.27. The first-order valence-electron chi connectivity index (χ1n) is 6.84. The molecular weight excluding hydrogens is 364 g/mol. The van der Waals surface area contributed by atoms with Gasteiger partial charge in [0.15, 0.2) is 0 Å². The van der Waals surface area contributed by atoms with E-state index in [2.05, 4.69) is 20.7 Å². The first-order valence-corrected chi connectivity index (χ1v) is 9.11. The standard InChI is InChI=1S/C16H19BrN2O2S/c1-16(2,11-18)19-22(20,21)15-9-5-13(6-10-15)12-3-7-14(17)8-4-12/h3-10,19H,11,18H2,1-2H3. The van der Waals surface area contributed by atoms with Crippen LogP contribution in [0.1, 0.15) is 13.8 Å². The molecule has 2 aromatic rings. The maximum Gasteiger partial charge on any atom is 0.241 e. The van der Waals surface area contributed by atoms with E-state index in [0.29, 0.717) is 0 Å². The molecule has 0 atom stereocenters.